The Morgan fingerprint density at radius 2 is 2.21 bits per heavy atom. The maximum Gasteiger partial charge on any atom is 0.262 e. The first-order chi connectivity index (χ1) is 11.6. The maximum absolute atomic E-state index is 12.3. The molecule has 0 N–H and O–H groups in total. The van der Waals surface area contributed by atoms with Crippen molar-refractivity contribution in [3.05, 3.63) is 44.5 Å². The van der Waals surface area contributed by atoms with E-state index in [-0.39, 0.29) is 5.56 Å². The van der Waals surface area contributed by atoms with Gasteiger partial charge in [0, 0.05) is 12.8 Å². The third-order valence-electron chi connectivity index (χ3n) is 3.69. The topological polar surface area (TPSA) is 53.4 Å². The van der Waals surface area contributed by atoms with Gasteiger partial charge in [0.25, 0.3) is 5.56 Å². The molecule has 0 saturated carbocycles. The van der Waals surface area contributed by atoms with Gasteiger partial charge in [-0.05, 0) is 29.1 Å². The molecule has 5 nitrogen and oxygen atoms in total. The van der Waals surface area contributed by atoms with Gasteiger partial charge in [0.15, 0.2) is 16.7 Å². The molecule has 4 rings (SSSR count). The highest BCUT2D eigenvalue weighted by molar-refractivity contribution is 7.98. The van der Waals surface area contributed by atoms with Gasteiger partial charge in [-0.25, -0.2) is 4.98 Å². The van der Waals surface area contributed by atoms with Crippen LogP contribution in [0.4, 0.5) is 0 Å². The van der Waals surface area contributed by atoms with Crippen LogP contribution in [0, 0.1) is 0 Å². The molecule has 3 heterocycles. The van der Waals surface area contributed by atoms with Crippen LogP contribution in [0.2, 0.25) is 5.02 Å². The summed E-state index contributed by atoms with van der Waals surface area (Å²) < 4.78 is 12.7. The highest BCUT2D eigenvalue weighted by Crippen LogP contribution is 2.39. The summed E-state index contributed by atoms with van der Waals surface area (Å²) in [6, 6.07) is 5.60. The van der Waals surface area contributed by atoms with Gasteiger partial charge in [0.2, 0.25) is 0 Å². The smallest absolute Gasteiger partial charge is 0.262 e. The first-order valence-corrected chi connectivity index (χ1v) is 9.53. The van der Waals surface area contributed by atoms with Crippen LogP contribution in [-0.4, -0.2) is 22.8 Å². The van der Waals surface area contributed by atoms with Crippen molar-refractivity contribution >= 4 is 44.9 Å². The Hall–Kier alpha value is -1.70. The first-order valence-electron chi connectivity index (χ1n) is 7.28. The minimum Gasteiger partial charge on any atom is -0.486 e. The predicted molar refractivity (Wildman–Crippen MR) is 96.9 cm³/mol. The monoisotopic (exact) mass is 380 g/mol. The normalized spacial score (nSPS) is 13.4. The van der Waals surface area contributed by atoms with Gasteiger partial charge in [0.1, 0.15) is 18.0 Å². The molecule has 0 unspecified atom stereocenters. The predicted octanol–water partition coefficient (Wildman–Crippen LogP) is 3.71. The lowest BCUT2D eigenvalue weighted by Gasteiger charge is -2.20. The molecule has 0 saturated heterocycles. The van der Waals surface area contributed by atoms with Crippen molar-refractivity contribution in [1.82, 2.24) is 9.55 Å². The molecule has 3 aromatic rings. The largest absolute Gasteiger partial charge is 0.486 e. The van der Waals surface area contributed by atoms with E-state index in [9.17, 15) is 4.79 Å². The van der Waals surface area contributed by atoms with Gasteiger partial charge in [-0.2, -0.15) is 0 Å². The number of nitrogens with zero attached hydrogens (tertiary/aromatic N) is 2. The zero-order valence-corrected chi connectivity index (χ0v) is 15.1. The molecule has 0 bridgehead atoms. The fourth-order valence-electron chi connectivity index (χ4n) is 2.50. The van der Waals surface area contributed by atoms with Crippen molar-refractivity contribution < 1.29 is 9.47 Å². The van der Waals surface area contributed by atoms with Crippen molar-refractivity contribution in [2.75, 3.05) is 13.2 Å². The van der Waals surface area contributed by atoms with Gasteiger partial charge in [0.05, 0.1) is 10.4 Å². The van der Waals surface area contributed by atoms with E-state index in [0.29, 0.717) is 46.0 Å². The molecular formula is C16H13ClN2O3S2. The van der Waals surface area contributed by atoms with E-state index in [4.69, 9.17) is 21.1 Å². The van der Waals surface area contributed by atoms with Crippen LogP contribution in [0.5, 0.6) is 11.5 Å². The van der Waals surface area contributed by atoms with Crippen LogP contribution < -0.4 is 15.0 Å². The van der Waals surface area contributed by atoms with Crippen LogP contribution >= 0.6 is 34.7 Å². The summed E-state index contributed by atoms with van der Waals surface area (Å²) in [5.41, 5.74) is 0.971. The average Bonchev–Trinajstić information content (AvgIpc) is 3.05. The number of halogens is 1. The molecule has 0 amide bonds. The van der Waals surface area contributed by atoms with E-state index in [0.717, 1.165) is 10.4 Å². The number of hydrogen-bond donors (Lipinski definition) is 0. The van der Waals surface area contributed by atoms with Gasteiger partial charge >= 0.3 is 0 Å². The number of thioether (sulfide) groups is 1. The molecule has 0 spiro atoms. The minimum absolute atomic E-state index is 0.0241. The SMILES string of the molecule is Cn1c(SCc2cc(Cl)c3c(c2)OCCO3)nc2sccc2c1=O. The third kappa shape index (κ3) is 2.76. The summed E-state index contributed by atoms with van der Waals surface area (Å²) >= 11 is 9.23. The minimum atomic E-state index is -0.0241. The Balaban J connectivity index is 1.62. The number of aromatic nitrogens is 2. The maximum atomic E-state index is 12.3. The fraction of sp³-hybridized carbons (Fsp3) is 0.250. The summed E-state index contributed by atoms with van der Waals surface area (Å²) in [5.74, 6) is 1.90. The Labute approximate surface area is 151 Å². The second kappa shape index (κ2) is 6.31. The number of rotatable bonds is 3. The van der Waals surface area contributed by atoms with Gasteiger partial charge in [-0.15, -0.1) is 11.3 Å². The molecule has 2 aromatic heterocycles. The Bertz CT molecular complexity index is 983. The first kappa shape index (κ1) is 15.8. The van der Waals surface area contributed by atoms with Crippen molar-refractivity contribution in [2.45, 2.75) is 10.9 Å². The number of benzene rings is 1. The van der Waals surface area contributed by atoms with E-state index in [1.165, 1.54) is 23.1 Å². The van der Waals surface area contributed by atoms with E-state index in [1.807, 2.05) is 23.6 Å². The molecule has 0 aliphatic carbocycles. The number of fused-ring (bicyclic) bond motifs is 2. The zero-order valence-electron chi connectivity index (χ0n) is 12.7. The molecule has 8 heteroatoms. The molecule has 0 atom stereocenters. The molecule has 24 heavy (non-hydrogen) atoms. The van der Waals surface area contributed by atoms with Crippen molar-refractivity contribution in [3.8, 4) is 11.5 Å². The molecule has 1 aliphatic heterocycles. The lowest BCUT2D eigenvalue weighted by molar-refractivity contribution is 0.171. The van der Waals surface area contributed by atoms with Crippen LogP contribution in [0.3, 0.4) is 0 Å². The quantitative estimate of drug-likeness (QED) is 0.512. The highest BCUT2D eigenvalue weighted by Gasteiger charge is 2.17. The molecule has 1 aliphatic rings. The molecule has 0 fully saturated rings. The van der Waals surface area contributed by atoms with Crippen LogP contribution in [0.1, 0.15) is 5.56 Å². The summed E-state index contributed by atoms with van der Waals surface area (Å²) in [6.45, 7) is 1.03. The second-order valence-electron chi connectivity index (χ2n) is 5.29. The summed E-state index contributed by atoms with van der Waals surface area (Å²) in [7, 11) is 1.74. The second-order valence-corrected chi connectivity index (χ2v) is 7.53. The fourth-order valence-corrected chi connectivity index (χ4v) is 4.50. The number of ether oxygens (including phenoxy) is 2. The van der Waals surface area contributed by atoms with Crippen molar-refractivity contribution in [3.63, 3.8) is 0 Å². The van der Waals surface area contributed by atoms with E-state index in [1.54, 1.807) is 11.6 Å². The van der Waals surface area contributed by atoms with Crippen LogP contribution in [0.25, 0.3) is 10.2 Å². The van der Waals surface area contributed by atoms with Gasteiger partial charge in [-0.1, -0.05) is 23.4 Å². The number of thiophene rings is 1. The Kier molecular flexibility index (Phi) is 4.15. The standard InChI is InChI=1S/C16H13ClN2O3S2/c1-19-15(20)10-2-5-23-14(10)18-16(19)24-8-9-6-11(17)13-12(7-9)21-3-4-22-13/h2,5-7H,3-4,8H2,1H3. The molecular weight excluding hydrogens is 368 g/mol. The Morgan fingerprint density at radius 1 is 1.38 bits per heavy atom. The molecule has 0 radical (unpaired) electrons. The summed E-state index contributed by atoms with van der Waals surface area (Å²) in [4.78, 5) is 17.7. The molecule has 124 valence electrons. The van der Waals surface area contributed by atoms with Gasteiger partial charge < -0.3 is 9.47 Å². The van der Waals surface area contributed by atoms with E-state index in [2.05, 4.69) is 4.98 Å². The molecule has 1 aromatic carbocycles. The van der Waals surface area contributed by atoms with Crippen LogP contribution in [-0.2, 0) is 12.8 Å². The summed E-state index contributed by atoms with van der Waals surface area (Å²) in [6.07, 6.45) is 0. The average molecular weight is 381 g/mol. The van der Waals surface area contributed by atoms with Crippen molar-refractivity contribution in [1.29, 1.82) is 0 Å². The lowest BCUT2D eigenvalue weighted by atomic mass is 10.2. The summed E-state index contributed by atoms with van der Waals surface area (Å²) in [5, 5.41) is 3.77. The van der Waals surface area contributed by atoms with Gasteiger partial charge in [-0.3, -0.25) is 9.36 Å². The van der Waals surface area contributed by atoms with Crippen molar-refractivity contribution in [2.24, 2.45) is 7.05 Å². The number of hydrogen-bond acceptors (Lipinski definition) is 6. The van der Waals surface area contributed by atoms with E-state index >= 15 is 0 Å². The Morgan fingerprint density at radius 3 is 3.08 bits per heavy atom. The third-order valence-corrected chi connectivity index (χ3v) is 5.88. The highest BCUT2D eigenvalue weighted by atomic mass is 35.5. The van der Waals surface area contributed by atoms with Crippen LogP contribution in [0.15, 0.2) is 33.5 Å². The van der Waals surface area contributed by atoms with E-state index < -0.39 is 0 Å². The lowest BCUT2D eigenvalue weighted by Crippen LogP contribution is -2.19. The zero-order chi connectivity index (χ0) is 16.7.